The van der Waals surface area contributed by atoms with E-state index in [-0.39, 0.29) is 17.9 Å². The molecule has 1 aromatic carbocycles. The van der Waals surface area contributed by atoms with Crippen molar-refractivity contribution in [3.8, 4) is 0 Å². The second-order valence-electron chi connectivity index (χ2n) is 5.29. The Labute approximate surface area is 142 Å². The fourth-order valence-corrected chi connectivity index (χ4v) is 2.25. The smallest absolute Gasteiger partial charge is 0.322 e. The Bertz CT molecular complexity index is 575. The van der Waals surface area contributed by atoms with E-state index < -0.39 is 0 Å². The number of hydrogen-bond donors (Lipinski definition) is 3. The molecule has 1 atom stereocenters. The summed E-state index contributed by atoms with van der Waals surface area (Å²) >= 11 is 0. The van der Waals surface area contributed by atoms with Gasteiger partial charge in [0.25, 0.3) is 5.91 Å². The minimum absolute atomic E-state index is 0.276. The Hall–Kier alpha value is -2.41. The number of esters is 1. The third kappa shape index (κ3) is 6.00. The molecule has 1 aromatic rings. The largest absolute Gasteiger partial charge is 0.468 e. The van der Waals surface area contributed by atoms with Crippen LogP contribution in [0.2, 0.25) is 0 Å². The summed E-state index contributed by atoms with van der Waals surface area (Å²) in [5.74, 6) is -0.581. The monoisotopic (exact) mass is 335 g/mol. The predicted octanol–water partition coefficient (Wildman–Crippen LogP) is 1.20. The quantitative estimate of drug-likeness (QED) is 0.338. The zero-order valence-electron chi connectivity index (χ0n) is 14.3. The number of rotatable bonds is 10. The maximum atomic E-state index is 12.2. The minimum atomic E-state index is -0.369. The summed E-state index contributed by atoms with van der Waals surface area (Å²) in [5.41, 5.74) is 1.53. The normalized spacial score (nSPS) is 11.5. The highest BCUT2D eigenvalue weighted by molar-refractivity contribution is 5.97. The van der Waals surface area contributed by atoms with Crippen LogP contribution in [0.3, 0.4) is 0 Å². The van der Waals surface area contributed by atoms with Crippen LogP contribution in [0.15, 0.2) is 18.2 Å². The van der Waals surface area contributed by atoms with Gasteiger partial charge in [-0.3, -0.25) is 14.4 Å². The van der Waals surface area contributed by atoms with Gasteiger partial charge in [0, 0.05) is 37.0 Å². The van der Waals surface area contributed by atoms with Gasteiger partial charge in [0.05, 0.1) is 7.11 Å². The number of methoxy groups -OCH3 is 1. The predicted molar refractivity (Wildman–Crippen MR) is 92.4 cm³/mol. The van der Waals surface area contributed by atoms with Gasteiger partial charge < -0.3 is 20.7 Å². The van der Waals surface area contributed by atoms with Crippen molar-refractivity contribution in [2.75, 3.05) is 32.6 Å². The van der Waals surface area contributed by atoms with Crippen molar-refractivity contribution in [3.63, 3.8) is 0 Å². The van der Waals surface area contributed by atoms with Gasteiger partial charge >= 0.3 is 5.97 Å². The molecule has 24 heavy (non-hydrogen) atoms. The van der Waals surface area contributed by atoms with E-state index in [0.717, 1.165) is 6.42 Å². The summed E-state index contributed by atoms with van der Waals surface area (Å²) in [6.07, 6.45) is 2.23. The Morgan fingerprint density at radius 3 is 2.58 bits per heavy atom. The molecule has 0 heterocycles. The average Bonchev–Trinajstić information content (AvgIpc) is 2.62. The van der Waals surface area contributed by atoms with Crippen LogP contribution in [-0.4, -0.2) is 51.5 Å². The lowest BCUT2D eigenvalue weighted by atomic mass is 10.1. The minimum Gasteiger partial charge on any atom is -0.468 e. The van der Waals surface area contributed by atoms with E-state index in [2.05, 4.69) is 16.0 Å². The summed E-state index contributed by atoms with van der Waals surface area (Å²) < 4.78 is 4.73. The Morgan fingerprint density at radius 1 is 1.25 bits per heavy atom. The molecule has 0 fully saturated rings. The van der Waals surface area contributed by atoms with Crippen molar-refractivity contribution in [1.82, 2.24) is 10.6 Å². The molecule has 0 unspecified atom stereocenters. The molecule has 0 aliphatic rings. The number of amides is 1. The van der Waals surface area contributed by atoms with Crippen molar-refractivity contribution >= 4 is 23.9 Å². The first-order valence-electron chi connectivity index (χ1n) is 7.93. The lowest BCUT2D eigenvalue weighted by Crippen LogP contribution is -2.41. The van der Waals surface area contributed by atoms with Crippen molar-refractivity contribution < 1.29 is 19.1 Å². The van der Waals surface area contributed by atoms with E-state index in [4.69, 9.17) is 4.74 Å². The van der Waals surface area contributed by atoms with Crippen LogP contribution in [0.1, 0.15) is 40.5 Å². The van der Waals surface area contributed by atoms with Crippen molar-refractivity contribution in [2.45, 2.75) is 25.8 Å². The fraction of sp³-hybridized carbons (Fsp3) is 0.471. The summed E-state index contributed by atoms with van der Waals surface area (Å²) in [6.45, 7) is 2.78. The van der Waals surface area contributed by atoms with Crippen LogP contribution >= 0.6 is 0 Å². The van der Waals surface area contributed by atoms with Gasteiger partial charge in [-0.1, -0.05) is 13.3 Å². The van der Waals surface area contributed by atoms with Gasteiger partial charge in [0.1, 0.15) is 12.3 Å². The molecule has 0 spiro atoms. The Kier molecular flexibility index (Phi) is 8.49. The molecule has 0 bridgehead atoms. The van der Waals surface area contributed by atoms with Crippen LogP contribution in [0, 0.1) is 0 Å². The van der Waals surface area contributed by atoms with Crippen LogP contribution < -0.4 is 16.0 Å². The number of hydrogen-bond acceptors (Lipinski definition) is 6. The molecule has 3 N–H and O–H groups in total. The summed E-state index contributed by atoms with van der Waals surface area (Å²) in [5, 5.41) is 8.73. The van der Waals surface area contributed by atoms with Crippen molar-refractivity contribution in [3.05, 3.63) is 29.3 Å². The SMILES string of the molecule is CCC[C@H](NCCNC(=O)c1cc(C=O)cc(NC)c1)C(=O)OC. The molecule has 132 valence electrons. The van der Waals surface area contributed by atoms with Crippen molar-refractivity contribution in [2.24, 2.45) is 0 Å². The molecule has 0 aliphatic heterocycles. The maximum absolute atomic E-state index is 12.2. The molecule has 7 heteroatoms. The van der Waals surface area contributed by atoms with Gasteiger partial charge in [0.2, 0.25) is 0 Å². The lowest BCUT2D eigenvalue weighted by molar-refractivity contribution is -0.143. The molecular formula is C17H25N3O4. The topological polar surface area (TPSA) is 96.5 Å². The summed E-state index contributed by atoms with van der Waals surface area (Å²) in [4.78, 5) is 34.7. The number of benzene rings is 1. The van der Waals surface area contributed by atoms with Gasteiger partial charge in [-0.05, 0) is 24.6 Å². The molecule has 0 aromatic heterocycles. The number of carbonyl (C=O) groups is 3. The zero-order chi connectivity index (χ0) is 17.9. The van der Waals surface area contributed by atoms with Gasteiger partial charge in [-0.25, -0.2) is 0 Å². The highest BCUT2D eigenvalue weighted by Crippen LogP contribution is 2.13. The molecule has 0 radical (unpaired) electrons. The van der Waals surface area contributed by atoms with Crippen LogP contribution in [-0.2, 0) is 9.53 Å². The second kappa shape index (κ2) is 10.4. The van der Waals surface area contributed by atoms with Crippen LogP contribution in [0.4, 0.5) is 5.69 Å². The van der Waals surface area contributed by atoms with E-state index in [9.17, 15) is 14.4 Å². The molecule has 1 rings (SSSR count). The summed E-state index contributed by atoms with van der Waals surface area (Å²) in [7, 11) is 3.07. The second-order valence-corrected chi connectivity index (χ2v) is 5.29. The zero-order valence-corrected chi connectivity index (χ0v) is 14.3. The van der Waals surface area contributed by atoms with Gasteiger partial charge in [-0.2, -0.15) is 0 Å². The molecule has 1 amide bonds. The number of nitrogens with one attached hydrogen (secondary N) is 3. The number of anilines is 1. The van der Waals surface area contributed by atoms with Crippen LogP contribution in [0.25, 0.3) is 0 Å². The first-order valence-corrected chi connectivity index (χ1v) is 7.93. The third-order valence-corrected chi connectivity index (χ3v) is 3.51. The highest BCUT2D eigenvalue weighted by Gasteiger charge is 2.17. The first kappa shape index (κ1) is 19.6. The maximum Gasteiger partial charge on any atom is 0.322 e. The van der Waals surface area contributed by atoms with Gasteiger partial charge in [0.15, 0.2) is 0 Å². The molecule has 7 nitrogen and oxygen atoms in total. The Balaban J connectivity index is 2.54. The number of carbonyl (C=O) groups excluding carboxylic acids is 3. The number of ether oxygens (including phenoxy) is 1. The van der Waals surface area contributed by atoms with E-state index >= 15 is 0 Å². The van der Waals surface area contributed by atoms with Crippen molar-refractivity contribution in [1.29, 1.82) is 0 Å². The van der Waals surface area contributed by atoms with E-state index in [1.54, 1.807) is 19.2 Å². The average molecular weight is 335 g/mol. The van der Waals surface area contributed by atoms with Crippen LogP contribution in [0.5, 0.6) is 0 Å². The third-order valence-electron chi connectivity index (χ3n) is 3.51. The highest BCUT2D eigenvalue weighted by atomic mass is 16.5. The molecule has 0 saturated carbocycles. The van der Waals surface area contributed by atoms with E-state index in [1.807, 2.05) is 6.92 Å². The lowest BCUT2D eigenvalue weighted by Gasteiger charge is -2.16. The fourth-order valence-electron chi connectivity index (χ4n) is 2.25. The van der Waals surface area contributed by atoms with Gasteiger partial charge in [-0.15, -0.1) is 0 Å². The first-order chi connectivity index (χ1) is 11.5. The van der Waals surface area contributed by atoms with E-state index in [1.165, 1.54) is 13.2 Å². The van der Waals surface area contributed by atoms with E-state index in [0.29, 0.717) is 42.6 Å². The molecule has 0 saturated heterocycles. The molecular weight excluding hydrogens is 310 g/mol. The summed E-state index contributed by atoms with van der Waals surface area (Å²) in [6, 6.07) is 4.50. The number of aldehydes is 1. The Morgan fingerprint density at radius 2 is 2.00 bits per heavy atom. The standard InChI is InChI=1S/C17H25N3O4/c1-4-5-15(17(23)24-3)19-6-7-20-16(22)13-8-12(11-21)9-14(10-13)18-2/h8-11,15,18-19H,4-7H2,1-3H3,(H,20,22)/t15-/m0/s1. The molecule has 0 aliphatic carbocycles.